The summed E-state index contributed by atoms with van der Waals surface area (Å²) in [7, 11) is -3.37. The van der Waals surface area contributed by atoms with Crippen LogP contribution in [0.1, 0.15) is 31.0 Å². The molecule has 6 nitrogen and oxygen atoms in total. The molecule has 0 aliphatic carbocycles. The molecule has 1 atom stereocenters. The van der Waals surface area contributed by atoms with Crippen LogP contribution in [-0.4, -0.2) is 62.8 Å². The van der Waals surface area contributed by atoms with Gasteiger partial charge < -0.3 is 9.80 Å². The van der Waals surface area contributed by atoms with Crippen LogP contribution in [0.5, 0.6) is 0 Å². The highest BCUT2D eigenvalue weighted by molar-refractivity contribution is 7.88. The first kappa shape index (κ1) is 22.5. The second-order valence-electron chi connectivity index (χ2n) is 7.65. The molecule has 0 spiro atoms. The van der Waals surface area contributed by atoms with E-state index in [-0.39, 0.29) is 17.7 Å². The van der Waals surface area contributed by atoms with E-state index in [0.717, 1.165) is 16.0 Å². The number of hydrogen-bond donors (Lipinski definition) is 1. The smallest absolute Gasteiger partial charge is 0.285 e. The van der Waals surface area contributed by atoms with Crippen LogP contribution in [0.25, 0.3) is 0 Å². The molecule has 7 heteroatoms. The summed E-state index contributed by atoms with van der Waals surface area (Å²) in [6.45, 7) is 7.41. The molecular formula is C23H32N3O3S+. The van der Waals surface area contributed by atoms with Crippen molar-refractivity contribution in [3.8, 4) is 0 Å². The summed E-state index contributed by atoms with van der Waals surface area (Å²) in [5.74, 6) is 0.130. The van der Waals surface area contributed by atoms with Crippen molar-refractivity contribution in [3.05, 3.63) is 71.8 Å². The molecule has 0 aromatic heterocycles. The molecular weight excluding hydrogens is 398 g/mol. The Labute approximate surface area is 180 Å². The Balaban J connectivity index is 1.73. The van der Waals surface area contributed by atoms with Crippen molar-refractivity contribution < 1.29 is 18.1 Å². The lowest BCUT2D eigenvalue weighted by molar-refractivity contribution is -0.925. The number of rotatable bonds is 8. The Kier molecular flexibility index (Phi) is 7.64. The molecule has 1 saturated heterocycles. The summed E-state index contributed by atoms with van der Waals surface area (Å²) in [5.41, 5.74) is 1.79. The van der Waals surface area contributed by atoms with Crippen molar-refractivity contribution in [2.75, 3.05) is 39.3 Å². The second kappa shape index (κ2) is 10.2. The zero-order valence-electron chi connectivity index (χ0n) is 17.8. The van der Waals surface area contributed by atoms with Gasteiger partial charge in [0.15, 0.2) is 6.04 Å². The highest BCUT2D eigenvalue weighted by atomic mass is 32.2. The first-order chi connectivity index (χ1) is 14.5. The average molecular weight is 431 g/mol. The van der Waals surface area contributed by atoms with Crippen LogP contribution in [0.3, 0.4) is 0 Å². The van der Waals surface area contributed by atoms with Gasteiger partial charge in [-0.05, 0) is 19.4 Å². The van der Waals surface area contributed by atoms with Crippen LogP contribution in [0, 0.1) is 0 Å². The van der Waals surface area contributed by atoms with E-state index in [1.807, 2.05) is 79.4 Å². The van der Waals surface area contributed by atoms with Gasteiger partial charge in [0.05, 0.1) is 31.9 Å². The summed E-state index contributed by atoms with van der Waals surface area (Å²) in [4.78, 5) is 16.3. The number of likely N-dealkylation sites (N-methyl/N-ethyl adjacent to an activating group) is 1. The van der Waals surface area contributed by atoms with Crippen molar-refractivity contribution in [1.29, 1.82) is 0 Å². The number of sulfonamides is 1. The zero-order valence-corrected chi connectivity index (χ0v) is 18.6. The fraction of sp³-hybridized carbons (Fsp3) is 0.435. The third kappa shape index (κ3) is 5.28. The molecule has 0 saturated carbocycles. The van der Waals surface area contributed by atoms with E-state index in [1.54, 1.807) is 4.31 Å². The topological polar surface area (TPSA) is 62.1 Å². The monoisotopic (exact) mass is 430 g/mol. The van der Waals surface area contributed by atoms with Crippen molar-refractivity contribution in [3.63, 3.8) is 0 Å². The highest BCUT2D eigenvalue weighted by Crippen LogP contribution is 2.15. The number of benzene rings is 2. The maximum atomic E-state index is 13.3. The lowest BCUT2D eigenvalue weighted by Gasteiger charge is -2.37. The van der Waals surface area contributed by atoms with Gasteiger partial charge in [-0.3, -0.25) is 4.79 Å². The minimum absolute atomic E-state index is 0.0175. The largest absolute Gasteiger partial charge is 0.338 e. The third-order valence-corrected chi connectivity index (χ3v) is 7.66. The van der Waals surface area contributed by atoms with Gasteiger partial charge in [0.25, 0.3) is 5.91 Å². The quantitative estimate of drug-likeness (QED) is 0.687. The second-order valence-corrected chi connectivity index (χ2v) is 9.62. The van der Waals surface area contributed by atoms with Gasteiger partial charge in [-0.1, -0.05) is 60.7 Å². The summed E-state index contributed by atoms with van der Waals surface area (Å²) < 4.78 is 27.3. The molecule has 1 N–H and O–H groups in total. The Morgan fingerprint density at radius 2 is 1.50 bits per heavy atom. The number of nitrogens with zero attached hydrogens (tertiary/aromatic N) is 2. The van der Waals surface area contributed by atoms with Crippen LogP contribution in [0.4, 0.5) is 0 Å². The van der Waals surface area contributed by atoms with E-state index >= 15 is 0 Å². The van der Waals surface area contributed by atoms with Crippen LogP contribution in [0.2, 0.25) is 0 Å². The Hall–Kier alpha value is -2.22. The van der Waals surface area contributed by atoms with E-state index in [0.29, 0.717) is 39.3 Å². The predicted octanol–water partition coefficient (Wildman–Crippen LogP) is 1.33. The standard InChI is InChI=1S/C23H31N3O3S/c1-3-24(4-2)23(27)22(21-13-9-6-10-14-21)25-15-17-26(18-16-25)30(28,29)19-20-11-7-5-8-12-20/h5-14,22H,3-4,15-19H2,1-2H3/p+1/t22-/m1/s1. The number of carbonyl (C=O) groups is 1. The SMILES string of the molecule is CCN(CC)C(=O)[C@@H](c1ccccc1)[NH+]1CCN(S(=O)(=O)Cc2ccccc2)CC1. The van der Waals surface area contributed by atoms with Gasteiger partial charge in [0.2, 0.25) is 10.0 Å². The van der Waals surface area contributed by atoms with Crippen molar-refractivity contribution >= 4 is 15.9 Å². The van der Waals surface area contributed by atoms with Gasteiger partial charge in [0.1, 0.15) is 0 Å². The maximum absolute atomic E-state index is 13.3. The van der Waals surface area contributed by atoms with Crippen molar-refractivity contribution in [1.82, 2.24) is 9.21 Å². The Morgan fingerprint density at radius 3 is 2.03 bits per heavy atom. The summed E-state index contributed by atoms with van der Waals surface area (Å²) in [6, 6.07) is 18.8. The number of hydrogen-bond acceptors (Lipinski definition) is 3. The van der Waals surface area contributed by atoms with Gasteiger partial charge in [-0.25, -0.2) is 8.42 Å². The average Bonchev–Trinajstić information content (AvgIpc) is 2.76. The molecule has 3 rings (SSSR count). The highest BCUT2D eigenvalue weighted by Gasteiger charge is 2.38. The molecule has 0 unspecified atom stereocenters. The zero-order chi connectivity index (χ0) is 21.6. The normalized spacial score (nSPS) is 16.9. The molecule has 1 fully saturated rings. The number of carbonyl (C=O) groups excluding carboxylic acids is 1. The van der Waals surface area contributed by atoms with E-state index in [2.05, 4.69) is 0 Å². The fourth-order valence-electron chi connectivity index (χ4n) is 4.13. The number of piperazine rings is 1. The lowest BCUT2D eigenvalue weighted by Crippen LogP contribution is -3.16. The molecule has 2 aromatic rings. The minimum atomic E-state index is -3.37. The number of quaternary nitrogens is 1. The van der Waals surface area contributed by atoms with Gasteiger partial charge in [0, 0.05) is 18.7 Å². The minimum Gasteiger partial charge on any atom is -0.338 e. The summed E-state index contributed by atoms with van der Waals surface area (Å²) in [5, 5.41) is 0. The van der Waals surface area contributed by atoms with E-state index < -0.39 is 10.0 Å². The molecule has 30 heavy (non-hydrogen) atoms. The van der Waals surface area contributed by atoms with Gasteiger partial charge in [-0.2, -0.15) is 4.31 Å². The van der Waals surface area contributed by atoms with Gasteiger partial charge in [-0.15, -0.1) is 0 Å². The molecule has 0 bridgehead atoms. The molecule has 0 radical (unpaired) electrons. The Morgan fingerprint density at radius 1 is 0.967 bits per heavy atom. The van der Waals surface area contributed by atoms with Crippen molar-refractivity contribution in [2.24, 2.45) is 0 Å². The first-order valence-corrected chi connectivity index (χ1v) is 12.3. The first-order valence-electron chi connectivity index (χ1n) is 10.7. The number of nitrogens with one attached hydrogen (secondary N) is 1. The van der Waals surface area contributed by atoms with Crippen LogP contribution in [-0.2, 0) is 20.6 Å². The molecule has 2 aromatic carbocycles. The van der Waals surface area contributed by atoms with Crippen molar-refractivity contribution in [2.45, 2.75) is 25.6 Å². The maximum Gasteiger partial charge on any atom is 0.285 e. The molecule has 1 aliphatic rings. The molecule has 1 aliphatic heterocycles. The molecule has 1 amide bonds. The van der Waals surface area contributed by atoms with E-state index in [9.17, 15) is 13.2 Å². The lowest BCUT2D eigenvalue weighted by atomic mass is 10.0. The predicted molar refractivity (Wildman–Crippen MR) is 118 cm³/mol. The third-order valence-electron chi connectivity index (χ3n) is 5.81. The Bertz CT molecular complexity index is 907. The van der Waals surface area contributed by atoms with Crippen LogP contribution in [0.15, 0.2) is 60.7 Å². The van der Waals surface area contributed by atoms with Gasteiger partial charge >= 0.3 is 0 Å². The summed E-state index contributed by atoms with van der Waals surface area (Å²) >= 11 is 0. The fourth-order valence-corrected chi connectivity index (χ4v) is 5.67. The van der Waals surface area contributed by atoms with E-state index in [4.69, 9.17) is 0 Å². The molecule has 1 heterocycles. The van der Waals surface area contributed by atoms with E-state index in [1.165, 1.54) is 0 Å². The number of amides is 1. The van der Waals surface area contributed by atoms with Crippen LogP contribution < -0.4 is 4.90 Å². The molecule has 162 valence electrons. The van der Waals surface area contributed by atoms with Crippen LogP contribution >= 0.6 is 0 Å². The summed E-state index contributed by atoms with van der Waals surface area (Å²) in [6.07, 6.45) is 0.